The Morgan fingerprint density at radius 1 is 1.05 bits per heavy atom. The molecule has 0 aromatic heterocycles. The number of carbonyl (C=O) groups is 2. The number of cyclic esters (lactones) is 2. The molecule has 7 heteroatoms. The monoisotopic (exact) mass is 301 g/mol. The third-order valence-corrected chi connectivity index (χ3v) is 3.45. The summed E-state index contributed by atoms with van der Waals surface area (Å²) in [5.74, 6) is -1.19. The van der Waals surface area contributed by atoms with Crippen LogP contribution in [0.1, 0.15) is 12.8 Å². The van der Waals surface area contributed by atoms with E-state index in [4.69, 9.17) is 15.3 Å². The van der Waals surface area contributed by atoms with Gasteiger partial charge in [-0.15, -0.1) is 0 Å². The van der Waals surface area contributed by atoms with Gasteiger partial charge in [-0.25, -0.2) is 0 Å². The molecule has 1 fully saturated rings. The molecule has 0 amide bonds. The highest BCUT2D eigenvalue weighted by molar-refractivity contribution is 5.97. The van der Waals surface area contributed by atoms with Crippen molar-refractivity contribution < 1.29 is 29.6 Å². The molecular weight excluding hydrogens is 278 g/mol. The number of ether oxygens (including phenoxy) is 1. The number of fused-ring (bicyclic) bond motifs is 1. The van der Waals surface area contributed by atoms with Gasteiger partial charge in [-0.1, -0.05) is 12.2 Å². The number of hydrogen-bond acceptors (Lipinski definition) is 7. The van der Waals surface area contributed by atoms with Gasteiger partial charge in [0.15, 0.2) is 0 Å². The molecule has 1 heterocycles. The number of carbonyl (C=O) groups excluding carboxylic acids is 2. The van der Waals surface area contributed by atoms with Crippen molar-refractivity contribution in [2.24, 2.45) is 11.8 Å². The first-order valence-corrected chi connectivity index (χ1v) is 7.11. The number of allylic oxidation sites excluding steroid dienone is 1. The second kappa shape index (κ2) is 9.62. The van der Waals surface area contributed by atoms with Gasteiger partial charge in [0.25, 0.3) is 0 Å². The minimum Gasteiger partial charge on any atom is -0.395 e. The molecule has 21 heavy (non-hydrogen) atoms. The molecule has 3 N–H and O–H groups in total. The van der Waals surface area contributed by atoms with Crippen molar-refractivity contribution in [3.63, 3.8) is 0 Å². The van der Waals surface area contributed by atoms with Gasteiger partial charge >= 0.3 is 11.9 Å². The van der Waals surface area contributed by atoms with E-state index >= 15 is 0 Å². The van der Waals surface area contributed by atoms with Crippen LogP contribution >= 0.6 is 0 Å². The lowest BCUT2D eigenvalue weighted by Gasteiger charge is -2.17. The Morgan fingerprint density at radius 3 is 2.10 bits per heavy atom. The molecule has 120 valence electrons. The van der Waals surface area contributed by atoms with Crippen molar-refractivity contribution in [3.05, 3.63) is 12.2 Å². The van der Waals surface area contributed by atoms with E-state index in [1.807, 2.05) is 6.08 Å². The van der Waals surface area contributed by atoms with Crippen LogP contribution in [0.15, 0.2) is 12.2 Å². The normalized spacial score (nSPS) is 23.6. The van der Waals surface area contributed by atoms with Crippen molar-refractivity contribution in [1.82, 2.24) is 4.90 Å². The fraction of sp³-hybridized carbons (Fsp3) is 0.714. The van der Waals surface area contributed by atoms with E-state index in [1.54, 1.807) is 11.0 Å². The van der Waals surface area contributed by atoms with E-state index in [1.165, 1.54) is 0 Å². The molecule has 2 atom stereocenters. The van der Waals surface area contributed by atoms with Crippen molar-refractivity contribution in [2.75, 3.05) is 39.5 Å². The predicted octanol–water partition coefficient (Wildman–Crippen LogP) is -1.08. The highest BCUT2D eigenvalue weighted by Gasteiger charge is 2.43. The van der Waals surface area contributed by atoms with Crippen LogP contribution in [-0.2, 0) is 14.3 Å². The lowest BCUT2D eigenvalue weighted by Crippen LogP contribution is -2.32. The predicted molar refractivity (Wildman–Crippen MR) is 74.2 cm³/mol. The molecule has 0 radical (unpaired) electrons. The summed E-state index contributed by atoms with van der Waals surface area (Å²) in [4.78, 5) is 23.7. The molecule has 1 aliphatic carbocycles. The van der Waals surface area contributed by atoms with Crippen LogP contribution in [0, 0.1) is 11.8 Å². The van der Waals surface area contributed by atoms with Gasteiger partial charge in [0.05, 0.1) is 31.7 Å². The molecule has 1 aliphatic heterocycles. The van der Waals surface area contributed by atoms with Crippen molar-refractivity contribution >= 4 is 11.9 Å². The maximum absolute atomic E-state index is 10.9. The van der Waals surface area contributed by atoms with Gasteiger partial charge in [0.2, 0.25) is 0 Å². The molecule has 0 bridgehead atoms. The summed E-state index contributed by atoms with van der Waals surface area (Å²) in [6, 6.07) is 0. The highest BCUT2D eigenvalue weighted by Crippen LogP contribution is 2.32. The first-order valence-electron chi connectivity index (χ1n) is 7.11. The summed E-state index contributed by atoms with van der Waals surface area (Å²) >= 11 is 0. The zero-order valence-electron chi connectivity index (χ0n) is 12.0. The first-order chi connectivity index (χ1) is 10.1. The summed E-state index contributed by atoms with van der Waals surface area (Å²) in [6.07, 6.45) is 5.34. The minimum absolute atomic E-state index is 0.0694. The average molecular weight is 301 g/mol. The van der Waals surface area contributed by atoms with E-state index in [2.05, 4.69) is 4.74 Å². The van der Waals surface area contributed by atoms with Gasteiger partial charge in [-0.05, 0) is 12.8 Å². The number of hydrogen-bond donors (Lipinski definition) is 3. The highest BCUT2D eigenvalue weighted by atomic mass is 16.6. The van der Waals surface area contributed by atoms with Crippen LogP contribution in [0.25, 0.3) is 0 Å². The van der Waals surface area contributed by atoms with E-state index < -0.39 is 0 Å². The van der Waals surface area contributed by atoms with E-state index in [-0.39, 0.29) is 43.6 Å². The third kappa shape index (κ3) is 5.55. The summed E-state index contributed by atoms with van der Waals surface area (Å²) < 4.78 is 4.48. The van der Waals surface area contributed by atoms with Gasteiger partial charge in [-0.2, -0.15) is 0 Å². The number of rotatable bonds is 6. The SMILES string of the molecule is O=C1OC(=O)C2CCC=CC12.OCCN(CCO)CCO. The van der Waals surface area contributed by atoms with Crippen LogP contribution in [0.4, 0.5) is 0 Å². The molecule has 1 saturated heterocycles. The largest absolute Gasteiger partial charge is 0.395 e. The Labute approximate surface area is 123 Å². The summed E-state index contributed by atoms with van der Waals surface area (Å²) in [5.41, 5.74) is 0. The molecule has 2 aliphatic rings. The lowest BCUT2D eigenvalue weighted by atomic mass is 9.86. The topological polar surface area (TPSA) is 107 Å². The summed E-state index contributed by atoms with van der Waals surface area (Å²) in [6.45, 7) is 1.75. The third-order valence-electron chi connectivity index (χ3n) is 3.45. The van der Waals surface area contributed by atoms with Gasteiger partial charge in [-0.3, -0.25) is 14.5 Å². The first kappa shape index (κ1) is 17.8. The molecule has 2 rings (SSSR count). The van der Waals surface area contributed by atoms with Crippen molar-refractivity contribution in [2.45, 2.75) is 12.8 Å². The smallest absolute Gasteiger partial charge is 0.321 e. The van der Waals surface area contributed by atoms with Crippen LogP contribution < -0.4 is 0 Å². The second-order valence-electron chi connectivity index (χ2n) is 4.89. The molecule has 0 aromatic rings. The number of aliphatic hydroxyl groups excluding tert-OH is 3. The number of esters is 2. The van der Waals surface area contributed by atoms with Crippen LogP contribution in [0.3, 0.4) is 0 Å². The van der Waals surface area contributed by atoms with Crippen LogP contribution in [0.2, 0.25) is 0 Å². The average Bonchev–Trinajstić information content (AvgIpc) is 2.76. The zero-order chi connectivity index (χ0) is 15.7. The second-order valence-corrected chi connectivity index (χ2v) is 4.89. The van der Waals surface area contributed by atoms with E-state index in [0.717, 1.165) is 12.8 Å². The van der Waals surface area contributed by atoms with Crippen LogP contribution in [0.5, 0.6) is 0 Å². The number of aliphatic hydroxyl groups is 3. The molecule has 0 spiro atoms. The van der Waals surface area contributed by atoms with Crippen molar-refractivity contribution in [3.8, 4) is 0 Å². The van der Waals surface area contributed by atoms with Gasteiger partial charge < -0.3 is 20.1 Å². The fourth-order valence-electron chi connectivity index (χ4n) is 2.34. The maximum atomic E-state index is 10.9. The quantitative estimate of drug-likeness (QED) is 0.325. The Morgan fingerprint density at radius 2 is 1.62 bits per heavy atom. The van der Waals surface area contributed by atoms with Crippen molar-refractivity contribution in [1.29, 1.82) is 0 Å². The Balaban J connectivity index is 0.000000212. The van der Waals surface area contributed by atoms with Crippen LogP contribution in [-0.4, -0.2) is 71.6 Å². The van der Waals surface area contributed by atoms with E-state index in [9.17, 15) is 9.59 Å². The van der Waals surface area contributed by atoms with Gasteiger partial charge in [0, 0.05) is 19.6 Å². The Hall–Kier alpha value is -1.28. The maximum Gasteiger partial charge on any atom is 0.321 e. The molecule has 0 saturated carbocycles. The lowest BCUT2D eigenvalue weighted by molar-refractivity contribution is -0.153. The number of nitrogens with zero attached hydrogens (tertiary/aromatic N) is 1. The summed E-state index contributed by atoms with van der Waals surface area (Å²) in [7, 11) is 0. The van der Waals surface area contributed by atoms with Gasteiger partial charge in [0.1, 0.15) is 0 Å². The zero-order valence-corrected chi connectivity index (χ0v) is 12.0. The molecule has 0 aromatic carbocycles. The molecule has 2 unspecified atom stereocenters. The molecular formula is C14H23NO6. The van der Waals surface area contributed by atoms with E-state index in [0.29, 0.717) is 19.6 Å². The standard InChI is InChI=1S/C8H8O3.C6H15NO3/c9-7-5-3-1-2-4-6(5)8(10)11-7;8-4-1-7(2-5-9)3-6-10/h1,3,5-6H,2,4H2;8-10H,1-6H2. The Kier molecular flexibility index (Phi) is 8.14. The minimum atomic E-state index is -0.379. The summed E-state index contributed by atoms with van der Waals surface area (Å²) in [5, 5.41) is 25.5. The molecule has 7 nitrogen and oxygen atoms in total. The Bertz CT molecular complexity index is 356. The fourth-order valence-corrected chi connectivity index (χ4v) is 2.34.